The Kier molecular flexibility index (Phi) is 4.46. The Hall–Kier alpha value is -2.32. The van der Waals surface area contributed by atoms with E-state index in [9.17, 15) is 0 Å². The van der Waals surface area contributed by atoms with Gasteiger partial charge in [0, 0.05) is 25.3 Å². The molecule has 2 N–H and O–H groups in total. The van der Waals surface area contributed by atoms with Crippen LogP contribution in [0, 0.1) is 5.92 Å². The molecule has 2 heteroatoms. The number of fused-ring (bicyclic) bond motifs is 2. The summed E-state index contributed by atoms with van der Waals surface area (Å²) in [4.78, 5) is 2.37. The van der Waals surface area contributed by atoms with Crippen LogP contribution >= 0.6 is 0 Å². The third kappa shape index (κ3) is 3.27. The molecule has 4 rings (SSSR count). The minimum Gasteiger partial charge on any atom is -0.370 e. The Labute approximate surface area is 150 Å². The zero-order chi connectivity index (χ0) is 17.2. The quantitative estimate of drug-likeness (QED) is 0.751. The fraction of sp³-hybridized carbons (Fsp3) is 0.304. The first kappa shape index (κ1) is 16.2. The summed E-state index contributed by atoms with van der Waals surface area (Å²) in [6.07, 6.45) is 3.53. The second-order valence-corrected chi connectivity index (χ2v) is 7.31. The van der Waals surface area contributed by atoms with E-state index < -0.39 is 0 Å². The van der Waals surface area contributed by atoms with Crippen LogP contribution in [-0.2, 0) is 12.8 Å². The van der Waals surface area contributed by atoms with Gasteiger partial charge in [0.15, 0.2) is 0 Å². The van der Waals surface area contributed by atoms with Crippen LogP contribution in [0.15, 0.2) is 66.7 Å². The standard InChI is InChI=1S/C23H26N2/c1-25(22-11-10-18-6-2-3-9-21(18)15-22)23(16-24)14-17-12-19-7-4-5-8-20(19)13-17/h2-11,15,17,23H,12-14,16,24H2,1H3. The van der Waals surface area contributed by atoms with E-state index in [1.165, 1.54) is 40.4 Å². The van der Waals surface area contributed by atoms with Crippen LogP contribution in [0.4, 0.5) is 5.69 Å². The van der Waals surface area contributed by atoms with Crippen molar-refractivity contribution in [2.75, 3.05) is 18.5 Å². The van der Waals surface area contributed by atoms with Crippen LogP contribution in [0.3, 0.4) is 0 Å². The van der Waals surface area contributed by atoms with E-state index in [1.807, 2.05) is 0 Å². The average Bonchev–Trinajstić information content (AvgIpc) is 3.07. The lowest BCUT2D eigenvalue weighted by molar-refractivity contribution is 0.442. The molecule has 25 heavy (non-hydrogen) atoms. The summed E-state index contributed by atoms with van der Waals surface area (Å²) in [6.45, 7) is 0.691. The number of benzene rings is 3. The summed E-state index contributed by atoms with van der Waals surface area (Å²) in [5, 5.41) is 2.58. The molecule has 0 amide bonds. The molecule has 0 saturated heterocycles. The van der Waals surface area contributed by atoms with Crippen LogP contribution in [0.25, 0.3) is 10.8 Å². The summed E-state index contributed by atoms with van der Waals surface area (Å²) >= 11 is 0. The molecule has 2 nitrogen and oxygen atoms in total. The molecule has 0 aromatic heterocycles. The van der Waals surface area contributed by atoms with Crippen molar-refractivity contribution in [2.24, 2.45) is 11.7 Å². The Balaban J connectivity index is 1.50. The summed E-state index contributed by atoms with van der Waals surface area (Å²) in [7, 11) is 2.18. The maximum Gasteiger partial charge on any atom is 0.0411 e. The van der Waals surface area contributed by atoms with Crippen LogP contribution in [0.2, 0.25) is 0 Å². The topological polar surface area (TPSA) is 29.3 Å². The molecule has 0 radical (unpaired) electrons. The fourth-order valence-corrected chi connectivity index (χ4v) is 4.22. The molecule has 0 spiro atoms. The molecule has 1 aliphatic rings. The van der Waals surface area contributed by atoms with E-state index >= 15 is 0 Å². The number of anilines is 1. The fourth-order valence-electron chi connectivity index (χ4n) is 4.22. The highest BCUT2D eigenvalue weighted by molar-refractivity contribution is 5.85. The maximum absolute atomic E-state index is 6.17. The van der Waals surface area contributed by atoms with Crippen molar-refractivity contribution in [3.05, 3.63) is 77.9 Å². The van der Waals surface area contributed by atoms with Gasteiger partial charge in [0.2, 0.25) is 0 Å². The van der Waals surface area contributed by atoms with Gasteiger partial charge in [0.1, 0.15) is 0 Å². The molecule has 0 bridgehead atoms. The van der Waals surface area contributed by atoms with Crippen LogP contribution in [0.1, 0.15) is 17.5 Å². The third-order valence-electron chi connectivity index (χ3n) is 5.70. The van der Waals surface area contributed by atoms with E-state index in [2.05, 4.69) is 78.7 Å². The normalized spacial score (nSPS) is 15.3. The van der Waals surface area contributed by atoms with E-state index in [1.54, 1.807) is 0 Å². The van der Waals surface area contributed by atoms with Gasteiger partial charge >= 0.3 is 0 Å². The van der Waals surface area contributed by atoms with Gasteiger partial charge in [0.05, 0.1) is 0 Å². The minimum atomic E-state index is 0.375. The number of hydrogen-bond acceptors (Lipinski definition) is 2. The Morgan fingerprint density at radius 2 is 1.56 bits per heavy atom. The lowest BCUT2D eigenvalue weighted by Gasteiger charge is -2.31. The van der Waals surface area contributed by atoms with E-state index in [4.69, 9.17) is 5.73 Å². The number of hydrogen-bond donors (Lipinski definition) is 1. The molecule has 3 aromatic carbocycles. The first-order valence-electron chi connectivity index (χ1n) is 9.23. The first-order valence-corrected chi connectivity index (χ1v) is 9.23. The van der Waals surface area contributed by atoms with E-state index in [0.29, 0.717) is 18.5 Å². The van der Waals surface area contributed by atoms with Crippen molar-refractivity contribution in [2.45, 2.75) is 25.3 Å². The van der Waals surface area contributed by atoms with Gasteiger partial charge < -0.3 is 10.6 Å². The largest absolute Gasteiger partial charge is 0.370 e. The van der Waals surface area contributed by atoms with Gasteiger partial charge in [-0.25, -0.2) is 0 Å². The minimum absolute atomic E-state index is 0.375. The predicted molar refractivity (Wildman–Crippen MR) is 107 cm³/mol. The Morgan fingerprint density at radius 1 is 0.920 bits per heavy atom. The van der Waals surface area contributed by atoms with E-state index in [-0.39, 0.29) is 0 Å². The Morgan fingerprint density at radius 3 is 2.24 bits per heavy atom. The van der Waals surface area contributed by atoms with Gasteiger partial charge in [-0.2, -0.15) is 0 Å². The van der Waals surface area contributed by atoms with E-state index in [0.717, 1.165) is 6.42 Å². The van der Waals surface area contributed by atoms with Crippen molar-refractivity contribution < 1.29 is 0 Å². The molecule has 0 saturated carbocycles. The molecule has 128 valence electrons. The number of nitrogens with two attached hydrogens (primary N) is 1. The molecule has 0 aliphatic heterocycles. The molecular formula is C23H26N2. The molecule has 0 fully saturated rings. The molecule has 1 aliphatic carbocycles. The van der Waals surface area contributed by atoms with Gasteiger partial charge in [-0.15, -0.1) is 0 Å². The molecule has 1 unspecified atom stereocenters. The monoisotopic (exact) mass is 330 g/mol. The van der Waals surface area contributed by atoms with Gasteiger partial charge in [-0.3, -0.25) is 0 Å². The summed E-state index contributed by atoms with van der Waals surface area (Å²) in [5.41, 5.74) is 10.5. The molecule has 0 heterocycles. The van der Waals surface area contributed by atoms with Gasteiger partial charge in [-0.1, -0.05) is 54.6 Å². The van der Waals surface area contributed by atoms with Crippen LogP contribution < -0.4 is 10.6 Å². The number of nitrogens with zero attached hydrogens (tertiary/aromatic N) is 1. The molecular weight excluding hydrogens is 304 g/mol. The van der Waals surface area contributed by atoms with Crippen LogP contribution in [-0.4, -0.2) is 19.6 Å². The summed E-state index contributed by atoms with van der Waals surface area (Å²) in [5.74, 6) is 0.703. The second-order valence-electron chi connectivity index (χ2n) is 7.31. The van der Waals surface area contributed by atoms with Crippen molar-refractivity contribution in [1.29, 1.82) is 0 Å². The first-order chi connectivity index (χ1) is 12.2. The van der Waals surface area contributed by atoms with Gasteiger partial charge in [0.25, 0.3) is 0 Å². The lowest BCUT2D eigenvalue weighted by Crippen LogP contribution is -2.39. The zero-order valence-corrected chi connectivity index (χ0v) is 14.9. The number of rotatable bonds is 5. The highest BCUT2D eigenvalue weighted by atomic mass is 15.1. The van der Waals surface area contributed by atoms with Crippen molar-refractivity contribution in [3.63, 3.8) is 0 Å². The van der Waals surface area contributed by atoms with Crippen molar-refractivity contribution in [3.8, 4) is 0 Å². The highest BCUT2D eigenvalue weighted by Gasteiger charge is 2.25. The average molecular weight is 330 g/mol. The molecule has 3 aromatic rings. The highest BCUT2D eigenvalue weighted by Crippen LogP contribution is 2.31. The van der Waals surface area contributed by atoms with Crippen molar-refractivity contribution in [1.82, 2.24) is 0 Å². The third-order valence-corrected chi connectivity index (χ3v) is 5.70. The second kappa shape index (κ2) is 6.89. The van der Waals surface area contributed by atoms with Crippen molar-refractivity contribution >= 4 is 16.5 Å². The summed E-state index contributed by atoms with van der Waals surface area (Å²) in [6, 6.07) is 24.5. The smallest absolute Gasteiger partial charge is 0.0411 e. The zero-order valence-electron chi connectivity index (χ0n) is 14.9. The Bertz CT molecular complexity index is 846. The molecule has 1 atom stereocenters. The van der Waals surface area contributed by atoms with Gasteiger partial charge in [-0.05, 0) is 59.2 Å². The summed E-state index contributed by atoms with van der Waals surface area (Å²) < 4.78 is 0. The lowest BCUT2D eigenvalue weighted by atomic mass is 9.95. The maximum atomic E-state index is 6.17. The number of likely N-dealkylation sites (N-methyl/N-ethyl adjacent to an activating group) is 1. The predicted octanol–water partition coefficient (Wildman–Crippen LogP) is 4.41. The SMILES string of the molecule is CN(c1ccc2ccccc2c1)C(CN)CC1Cc2ccccc2C1. The van der Waals surface area contributed by atoms with Crippen LogP contribution in [0.5, 0.6) is 0 Å².